The monoisotopic (exact) mass is 410 g/mol. The van der Waals surface area contributed by atoms with Gasteiger partial charge in [0.1, 0.15) is 5.69 Å². The van der Waals surface area contributed by atoms with E-state index in [0.29, 0.717) is 17.9 Å². The molecular formula is C22H26N4O4. The number of nitrogens with one attached hydrogen (secondary N) is 3. The van der Waals surface area contributed by atoms with Crippen LogP contribution in [0.1, 0.15) is 42.5 Å². The van der Waals surface area contributed by atoms with Crippen molar-refractivity contribution in [3.05, 3.63) is 64.2 Å². The minimum absolute atomic E-state index is 0.0379. The number of hydrogen-bond donors (Lipinski definition) is 3. The molecule has 1 aliphatic carbocycles. The van der Waals surface area contributed by atoms with Crippen molar-refractivity contribution in [2.24, 2.45) is 5.92 Å². The quantitative estimate of drug-likeness (QED) is 0.348. The van der Waals surface area contributed by atoms with E-state index in [4.69, 9.17) is 0 Å². The fraction of sp³-hybridized carbons (Fsp3) is 0.364. The van der Waals surface area contributed by atoms with Gasteiger partial charge in [0.25, 0.3) is 11.6 Å². The Kier molecular flexibility index (Phi) is 7.37. The fourth-order valence-electron chi connectivity index (χ4n) is 3.58. The van der Waals surface area contributed by atoms with E-state index in [1.165, 1.54) is 24.6 Å². The van der Waals surface area contributed by atoms with Crippen molar-refractivity contribution in [2.75, 3.05) is 18.4 Å². The number of nitro benzene ring substituents is 1. The van der Waals surface area contributed by atoms with E-state index >= 15 is 0 Å². The highest BCUT2D eigenvalue weighted by Crippen LogP contribution is 2.28. The number of rotatable bonds is 8. The molecule has 8 heteroatoms. The summed E-state index contributed by atoms with van der Waals surface area (Å²) in [6.07, 6.45) is 5.20. The summed E-state index contributed by atoms with van der Waals surface area (Å²) < 4.78 is 0. The zero-order chi connectivity index (χ0) is 21.3. The highest BCUT2D eigenvalue weighted by Gasteiger charge is 2.21. The van der Waals surface area contributed by atoms with Gasteiger partial charge >= 0.3 is 0 Å². The van der Waals surface area contributed by atoms with Gasteiger partial charge < -0.3 is 16.0 Å². The number of para-hydroxylation sites is 1. The lowest BCUT2D eigenvalue weighted by Crippen LogP contribution is -2.38. The molecule has 30 heavy (non-hydrogen) atoms. The van der Waals surface area contributed by atoms with Crippen LogP contribution < -0.4 is 16.0 Å². The third kappa shape index (κ3) is 5.79. The second-order valence-electron chi connectivity index (χ2n) is 7.36. The molecule has 1 saturated carbocycles. The predicted octanol–water partition coefficient (Wildman–Crippen LogP) is 3.76. The van der Waals surface area contributed by atoms with Gasteiger partial charge in [0.2, 0.25) is 5.91 Å². The van der Waals surface area contributed by atoms with E-state index in [9.17, 15) is 19.7 Å². The molecule has 0 bridgehead atoms. The van der Waals surface area contributed by atoms with Gasteiger partial charge in [0.05, 0.1) is 4.92 Å². The molecule has 0 aliphatic heterocycles. The topological polar surface area (TPSA) is 113 Å². The molecule has 0 radical (unpaired) electrons. The highest BCUT2D eigenvalue weighted by atomic mass is 16.6. The van der Waals surface area contributed by atoms with Crippen molar-refractivity contribution in [1.82, 2.24) is 10.6 Å². The van der Waals surface area contributed by atoms with Crippen LogP contribution in [0.3, 0.4) is 0 Å². The van der Waals surface area contributed by atoms with Gasteiger partial charge in [-0.3, -0.25) is 19.7 Å². The zero-order valence-electron chi connectivity index (χ0n) is 16.7. The maximum absolute atomic E-state index is 12.4. The van der Waals surface area contributed by atoms with Gasteiger partial charge in [-0.2, -0.15) is 0 Å². The lowest BCUT2D eigenvalue weighted by Gasteiger charge is -2.20. The molecule has 2 aromatic carbocycles. The highest BCUT2D eigenvalue weighted by molar-refractivity contribution is 5.96. The van der Waals surface area contributed by atoms with Crippen LogP contribution in [0.2, 0.25) is 0 Å². The van der Waals surface area contributed by atoms with E-state index in [1.807, 2.05) is 18.2 Å². The molecule has 0 heterocycles. The molecular weight excluding hydrogens is 384 g/mol. The van der Waals surface area contributed by atoms with Crippen molar-refractivity contribution < 1.29 is 14.5 Å². The van der Waals surface area contributed by atoms with E-state index < -0.39 is 10.8 Å². The molecule has 3 N–H and O–H groups in total. The molecule has 1 aliphatic rings. The summed E-state index contributed by atoms with van der Waals surface area (Å²) in [7, 11) is 0. The Hall–Kier alpha value is -3.42. The van der Waals surface area contributed by atoms with E-state index in [-0.39, 0.29) is 29.6 Å². The molecule has 8 nitrogen and oxygen atoms in total. The van der Waals surface area contributed by atoms with Crippen molar-refractivity contribution in [2.45, 2.75) is 32.1 Å². The Morgan fingerprint density at radius 2 is 1.67 bits per heavy atom. The molecule has 0 unspecified atom stereocenters. The predicted molar refractivity (Wildman–Crippen MR) is 115 cm³/mol. The number of amides is 2. The average Bonchev–Trinajstić information content (AvgIpc) is 2.77. The van der Waals surface area contributed by atoms with Crippen LogP contribution in [0, 0.1) is 16.0 Å². The lowest BCUT2D eigenvalue weighted by molar-refractivity contribution is -0.383. The average molecular weight is 410 g/mol. The number of nitro groups is 1. The summed E-state index contributed by atoms with van der Waals surface area (Å²) in [5.74, 6) is -0.311. The summed E-state index contributed by atoms with van der Waals surface area (Å²) >= 11 is 0. The third-order valence-corrected chi connectivity index (χ3v) is 5.20. The number of nitrogens with zero attached hydrogens (tertiary/aromatic N) is 1. The van der Waals surface area contributed by atoms with E-state index in [2.05, 4.69) is 16.0 Å². The second kappa shape index (κ2) is 10.4. The Labute approximate surface area is 175 Å². The SMILES string of the molecule is O=C(NCCNC(=O)C1CCCCC1)c1ccc(Nc2ccccc2)c([N+](=O)[O-])c1. The van der Waals surface area contributed by atoms with Gasteiger partial charge in [0.15, 0.2) is 0 Å². The molecule has 0 spiro atoms. The molecule has 0 aromatic heterocycles. The maximum Gasteiger partial charge on any atom is 0.293 e. The minimum Gasteiger partial charge on any atom is -0.354 e. The zero-order valence-corrected chi connectivity index (χ0v) is 16.7. The summed E-state index contributed by atoms with van der Waals surface area (Å²) in [4.78, 5) is 35.4. The van der Waals surface area contributed by atoms with Crippen LogP contribution in [-0.2, 0) is 4.79 Å². The third-order valence-electron chi connectivity index (χ3n) is 5.20. The Morgan fingerprint density at radius 1 is 0.967 bits per heavy atom. The fourth-order valence-corrected chi connectivity index (χ4v) is 3.58. The van der Waals surface area contributed by atoms with E-state index in [0.717, 1.165) is 25.7 Å². The van der Waals surface area contributed by atoms with Crippen molar-refractivity contribution in [1.29, 1.82) is 0 Å². The first kappa shape index (κ1) is 21.3. The number of benzene rings is 2. The number of carbonyl (C=O) groups excluding carboxylic acids is 2. The largest absolute Gasteiger partial charge is 0.354 e. The first-order valence-electron chi connectivity index (χ1n) is 10.2. The lowest BCUT2D eigenvalue weighted by atomic mass is 9.89. The van der Waals surface area contributed by atoms with Gasteiger partial charge in [-0.25, -0.2) is 0 Å². The summed E-state index contributed by atoms with van der Waals surface area (Å²) in [6.45, 7) is 0.589. The molecule has 0 atom stereocenters. The first-order chi connectivity index (χ1) is 14.5. The standard InChI is InChI=1S/C22H26N4O4/c27-21(16-7-3-1-4-8-16)23-13-14-24-22(28)17-11-12-19(20(15-17)26(29)30)25-18-9-5-2-6-10-18/h2,5-6,9-12,15-16,25H,1,3-4,7-8,13-14H2,(H,23,27)(H,24,28). The Balaban J connectivity index is 1.54. The number of anilines is 2. The van der Waals surface area contributed by atoms with Crippen LogP contribution in [0.15, 0.2) is 48.5 Å². The van der Waals surface area contributed by atoms with Crippen molar-refractivity contribution in [3.63, 3.8) is 0 Å². The number of hydrogen-bond acceptors (Lipinski definition) is 5. The molecule has 1 fully saturated rings. The number of carbonyl (C=O) groups is 2. The van der Waals surface area contributed by atoms with Crippen LogP contribution in [0.5, 0.6) is 0 Å². The maximum atomic E-state index is 12.4. The smallest absolute Gasteiger partial charge is 0.293 e. The van der Waals surface area contributed by atoms with Crippen molar-refractivity contribution >= 4 is 28.9 Å². The molecule has 2 aromatic rings. The normalized spacial score (nSPS) is 14.0. The van der Waals surface area contributed by atoms with E-state index in [1.54, 1.807) is 12.1 Å². The van der Waals surface area contributed by atoms with Crippen LogP contribution in [0.25, 0.3) is 0 Å². The summed E-state index contributed by atoms with van der Waals surface area (Å²) in [5.41, 5.74) is 1.03. The summed E-state index contributed by atoms with van der Waals surface area (Å²) in [5, 5.41) is 20.0. The van der Waals surface area contributed by atoms with Crippen LogP contribution in [-0.4, -0.2) is 29.8 Å². The van der Waals surface area contributed by atoms with Crippen LogP contribution in [0.4, 0.5) is 17.1 Å². The molecule has 2 amide bonds. The Morgan fingerprint density at radius 3 is 2.37 bits per heavy atom. The van der Waals surface area contributed by atoms with Gasteiger partial charge in [-0.05, 0) is 37.1 Å². The van der Waals surface area contributed by atoms with Gasteiger partial charge in [0, 0.05) is 36.3 Å². The molecule has 158 valence electrons. The van der Waals surface area contributed by atoms with Gasteiger partial charge in [-0.1, -0.05) is 37.5 Å². The molecule has 0 saturated heterocycles. The molecule has 3 rings (SSSR count). The van der Waals surface area contributed by atoms with Crippen LogP contribution >= 0.6 is 0 Å². The minimum atomic E-state index is -0.521. The first-order valence-corrected chi connectivity index (χ1v) is 10.2. The van der Waals surface area contributed by atoms with Crippen molar-refractivity contribution in [3.8, 4) is 0 Å². The second-order valence-corrected chi connectivity index (χ2v) is 7.36. The summed E-state index contributed by atoms with van der Waals surface area (Å²) in [6, 6.07) is 13.4. The Bertz CT molecular complexity index is 895. The van der Waals surface area contributed by atoms with Gasteiger partial charge in [-0.15, -0.1) is 0 Å².